The Kier molecular flexibility index (Phi) is 7.27. The number of ether oxygens (including phenoxy) is 1. The maximum absolute atomic E-state index is 11.1. The van der Waals surface area contributed by atoms with Gasteiger partial charge in [-0.3, -0.25) is 26.3 Å². The van der Waals surface area contributed by atoms with E-state index in [0.717, 1.165) is 0 Å². The van der Waals surface area contributed by atoms with Crippen LogP contribution in [0.15, 0.2) is 18.2 Å². The zero-order valence-electron chi connectivity index (χ0n) is 9.69. The minimum atomic E-state index is -0.430. The largest absolute Gasteiger partial charge is 0.496 e. The van der Waals surface area contributed by atoms with Gasteiger partial charge in [-0.05, 0) is 25.2 Å². The second-order valence-electron chi connectivity index (χ2n) is 2.84. The first-order valence-electron chi connectivity index (χ1n) is 4.66. The number of aldehydes is 1. The van der Waals surface area contributed by atoms with Crippen LogP contribution in [0.5, 0.6) is 5.75 Å². The minimum Gasteiger partial charge on any atom is -0.496 e. The van der Waals surface area contributed by atoms with Gasteiger partial charge in [0, 0.05) is 5.56 Å². The van der Waals surface area contributed by atoms with Crippen LogP contribution < -0.4 is 27.3 Å². The summed E-state index contributed by atoms with van der Waals surface area (Å²) in [5.74, 6) is 9.47. The molecule has 0 saturated carbocycles. The second kappa shape index (κ2) is 8.22. The summed E-state index contributed by atoms with van der Waals surface area (Å²) >= 11 is 0. The maximum atomic E-state index is 11.1. The molecule has 0 atom stereocenters. The first-order chi connectivity index (χ1) is 8.14. The molecule has 1 aromatic carbocycles. The van der Waals surface area contributed by atoms with E-state index in [2.05, 4.69) is 11.3 Å². The standard InChI is InChI=1S/C9H10N2O3.CH6N2/c1-14-8-4-6(9(13)11-10)2-3-7(8)5-12;1-3-2/h2-5H,10H2,1H3,(H,11,13);3H,2H2,1H3. The van der Waals surface area contributed by atoms with E-state index in [0.29, 0.717) is 23.2 Å². The van der Waals surface area contributed by atoms with Crippen molar-refractivity contribution in [2.75, 3.05) is 14.2 Å². The van der Waals surface area contributed by atoms with Crippen molar-refractivity contribution in [1.82, 2.24) is 10.9 Å². The summed E-state index contributed by atoms with van der Waals surface area (Å²) in [4.78, 5) is 21.6. The highest BCUT2D eigenvalue weighted by molar-refractivity contribution is 5.95. The van der Waals surface area contributed by atoms with E-state index in [1.54, 1.807) is 7.05 Å². The monoisotopic (exact) mass is 240 g/mol. The average molecular weight is 240 g/mol. The van der Waals surface area contributed by atoms with Gasteiger partial charge in [-0.2, -0.15) is 0 Å². The van der Waals surface area contributed by atoms with Crippen LogP contribution in [0.4, 0.5) is 0 Å². The molecular formula is C10H16N4O3. The van der Waals surface area contributed by atoms with Gasteiger partial charge in [0.25, 0.3) is 5.91 Å². The van der Waals surface area contributed by atoms with Gasteiger partial charge in [0.15, 0.2) is 6.29 Å². The number of hydrazine groups is 2. The van der Waals surface area contributed by atoms with Crippen molar-refractivity contribution in [2.45, 2.75) is 0 Å². The fraction of sp³-hybridized carbons (Fsp3) is 0.200. The van der Waals surface area contributed by atoms with Crippen LogP contribution in [0.25, 0.3) is 0 Å². The number of hydrogen-bond acceptors (Lipinski definition) is 6. The molecule has 0 heterocycles. The molecule has 0 aromatic heterocycles. The van der Waals surface area contributed by atoms with Crippen molar-refractivity contribution in [3.63, 3.8) is 0 Å². The molecule has 94 valence electrons. The molecule has 1 aromatic rings. The SMILES string of the molecule is CNN.COc1cc(C(=O)NN)ccc1C=O. The predicted molar refractivity (Wildman–Crippen MR) is 63.3 cm³/mol. The minimum absolute atomic E-state index is 0.343. The first kappa shape index (κ1) is 15.0. The van der Waals surface area contributed by atoms with Gasteiger partial charge in [0.2, 0.25) is 0 Å². The third-order valence-electron chi connectivity index (χ3n) is 1.75. The highest BCUT2D eigenvalue weighted by Crippen LogP contribution is 2.18. The molecule has 17 heavy (non-hydrogen) atoms. The summed E-state index contributed by atoms with van der Waals surface area (Å²) < 4.78 is 4.92. The third kappa shape index (κ3) is 4.60. The average Bonchev–Trinajstić information content (AvgIpc) is 2.37. The number of hydrogen-bond donors (Lipinski definition) is 4. The molecule has 1 rings (SSSR count). The van der Waals surface area contributed by atoms with Crippen molar-refractivity contribution < 1.29 is 14.3 Å². The number of nitrogens with one attached hydrogen (secondary N) is 2. The van der Waals surface area contributed by atoms with Gasteiger partial charge in [-0.25, -0.2) is 5.84 Å². The lowest BCUT2D eigenvalue weighted by Crippen LogP contribution is -2.29. The fourth-order valence-electron chi connectivity index (χ4n) is 1.03. The number of nitrogen functional groups attached to an aromatic ring is 1. The number of carbonyl (C=O) groups excluding carboxylic acids is 2. The molecule has 1 amide bonds. The molecule has 0 aliphatic heterocycles. The van der Waals surface area contributed by atoms with Crippen LogP contribution in [0.1, 0.15) is 20.7 Å². The Balaban J connectivity index is 0.000000770. The number of methoxy groups -OCH3 is 1. The molecule has 7 heteroatoms. The van der Waals surface area contributed by atoms with E-state index >= 15 is 0 Å². The van der Waals surface area contributed by atoms with Gasteiger partial charge >= 0.3 is 0 Å². The van der Waals surface area contributed by atoms with E-state index in [1.807, 2.05) is 5.43 Å². The number of rotatable bonds is 3. The lowest BCUT2D eigenvalue weighted by atomic mass is 10.1. The summed E-state index contributed by atoms with van der Waals surface area (Å²) in [6.07, 6.45) is 0.656. The Bertz CT molecular complexity index is 382. The van der Waals surface area contributed by atoms with E-state index in [1.165, 1.54) is 25.3 Å². The molecule has 7 nitrogen and oxygen atoms in total. The van der Waals surface area contributed by atoms with Crippen LogP contribution in [-0.4, -0.2) is 26.4 Å². The van der Waals surface area contributed by atoms with Crippen molar-refractivity contribution >= 4 is 12.2 Å². The second-order valence-corrected chi connectivity index (χ2v) is 2.84. The molecule has 0 radical (unpaired) electrons. The normalized spacial score (nSPS) is 8.71. The molecular weight excluding hydrogens is 224 g/mol. The molecule has 0 bridgehead atoms. The van der Waals surface area contributed by atoms with Crippen molar-refractivity contribution in [2.24, 2.45) is 11.7 Å². The third-order valence-corrected chi connectivity index (χ3v) is 1.75. The van der Waals surface area contributed by atoms with Gasteiger partial charge in [0.1, 0.15) is 5.75 Å². The van der Waals surface area contributed by atoms with Crippen LogP contribution in [-0.2, 0) is 0 Å². The number of carbonyl (C=O) groups is 2. The number of benzene rings is 1. The van der Waals surface area contributed by atoms with Crippen LogP contribution >= 0.6 is 0 Å². The lowest BCUT2D eigenvalue weighted by molar-refractivity contribution is 0.0952. The van der Waals surface area contributed by atoms with Crippen LogP contribution in [0.3, 0.4) is 0 Å². The predicted octanol–water partition coefficient (Wildman–Crippen LogP) is -0.809. The molecule has 0 aliphatic rings. The Morgan fingerprint density at radius 3 is 2.41 bits per heavy atom. The zero-order chi connectivity index (χ0) is 13.3. The lowest BCUT2D eigenvalue weighted by Gasteiger charge is -2.05. The Labute approximate surface area is 99.1 Å². The Hall–Kier alpha value is -1.96. The summed E-state index contributed by atoms with van der Waals surface area (Å²) in [5, 5.41) is 0. The smallest absolute Gasteiger partial charge is 0.265 e. The van der Waals surface area contributed by atoms with Crippen molar-refractivity contribution in [3.8, 4) is 5.75 Å². The van der Waals surface area contributed by atoms with E-state index in [-0.39, 0.29) is 0 Å². The topological polar surface area (TPSA) is 119 Å². The van der Waals surface area contributed by atoms with Gasteiger partial charge in [-0.1, -0.05) is 0 Å². The zero-order valence-corrected chi connectivity index (χ0v) is 9.69. The van der Waals surface area contributed by atoms with Crippen LogP contribution in [0.2, 0.25) is 0 Å². The summed E-state index contributed by atoms with van der Waals surface area (Å²) in [7, 11) is 3.08. The highest BCUT2D eigenvalue weighted by atomic mass is 16.5. The van der Waals surface area contributed by atoms with E-state index in [9.17, 15) is 9.59 Å². The van der Waals surface area contributed by atoms with E-state index < -0.39 is 5.91 Å². The molecule has 0 aliphatic carbocycles. The Morgan fingerprint density at radius 1 is 1.41 bits per heavy atom. The van der Waals surface area contributed by atoms with Crippen molar-refractivity contribution in [3.05, 3.63) is 29.3 Å². The summed E-state index contributed by atoms with van der Waals surface area (Å²) in [5.41, 5.74) is 4.97. The summed E-state index contributed by atoms with van der Waals surface area (Å²) in [6, 6.07) is 4.44. The highest BCUT2D eigenvalue weighted by Gasteiger charge is 2.08. The molecule has 0 unspecified atom stereocenters. The number of amides is 1. The maximum Gasteiger partial charge on any atom is 0.265 e. The van der Waals surface area contributed by atoms with Gasteiger partial charge < -0.3 is 4.74 Å². The fourth-order valence-corrected chi connectivity index (χ4v) is 1.03. The van der Waals surface area contributed by atoms with Gasteiger partial charge in [-0.15, -0.1) is 0 Å². The molecule has 0 spiro atoms. The van der Waals surface area contributed by atoms with Crippen LogP contribution in [0, 0.1) is 0 Å². The molecule has 6 N–H and O–H groups in total. The van der Waals surface area contributed by atoms with E-state index in [4.69, 9.17) is 10.6 Å². The summed E-state index contributed by atoms with van der Waals surface area (Å²) in [6.45, 7) is 0. The molecule has 0 saturated heterocycles. The number of nitrogens with two attached hydrogens (primary N) is 2. The van der Waals surface area contributed by atoms with Crippen molar-refractivity contribution in [1.29, 1.82) is 0 Å². The Morgan fingerprint density at radius 2 is 2.00 bits per heavy atom. The molecule has 0 fully saturated rings. The quantitative estimate of drug-likeness (QED) is 0.237. The first-order valence-corrected chi connectivity index (χ1v) is 4.66. The van der Waals surface area contributed by atoms with Gasteiger partial charge in [0.05, 0.1) is 12.7 Å².